The number of aromatic nitrogens is 3. The van der Waals surface area contributed by atoms with Crippen molar-refractivity contribution in [1.29, 1.82) is 0 Å². The van der Waals surface area contributed by atoms with Crippen molar-refractivity contribution in [3.63, 3.8) is 0 Å². The highest BCUT2D eigenvalue weighted by atomic mass is 35.5. The van der Waals surface area contributed by atoms with Gasteiger partial charge in [-0.1, -0.05) is 29.8 Å². The first kappa shape index (κ1) is 19.8. The summed E-state index contributed by atoms with van der Waals surface area (Å²) in [6.07, 6.45) is 1.36. The zero-order chi connectivity index (χ0) is 21.3. The SMILES string of the molecule is COc1cc2[nH]c3c(=O)n(CC(=O)NCc4ccccc4Cl)cnc3c2cc1OC. The number of fused-ring (bicyclic) bond motifs is 3. The molecule has 0 unspecified atom stereocenters. The van der Waals surface area contributed by atoms with Crippen molar-refractivity contribution in [3.05, 3.63) is 63.7 Å². The van der Waals surface area contributed by atoms with Gasteiger partial charge in [-0.2, -0.15) is 0 Å². The number of amides is 1. The second kappa shape index (κ2) is 8.08. The number of nitrogens with zero attached hydrogens (tertiary/aromatic N) is 2. The summed E-state index contributed by atoms with van der Waals surface area (Å²) in [6, 6.07) is 10.8. The Labute approximate surface area is 176 Å². The van der Waals surface area contributed by atoms with E-state index in [1.54, 1.807) is 32.4 Å². The number of rotatable bonds is 6. The third kappa shape index (κ3) is 3.57. The van der Waals surface area contributed by atoms with E-state index in [0.717, 1.165) is 10.9 Å². The smallest absolute Gasteiger partial charge is 0.278 e. The Bertz CT molecular complexity index is 1310. The second-order valence-corrected chi connectivity index (χ2v) is 7.05. The fourth-order valence-corrected chi connectivity index (χ4v) is 3.48. The van der Waals surface area contributed by atoms with Gasteiger partial charge in [0.25, 0.3) is 5.56 Å². The van der Waals surface area contributed by atoms with E-state index in [0.29, 0.717) is 33.1 Å². The van der Waals surface area contributed by atoms with Gasteiger partial charge in [-0.05, 0) is 17.7 Å². The quantitative estimate of drug-likeness (QED) is 0.494. The van der Waals surface area contributed by atoms with Crippen LogP contribution in [0, 0.1) is 0 Å². The van der Waals surface area contributed by atoms with Gasteiger partial charge in [-0.3, -0.25) is 14.2 Å². The van der Waals surface area contributed by atoms with Crippen molar-refractivity contribution in [2.45, 2.75) is 13.1 Å². The van der Waals surface area contributed by atoms with Gasteiger partial charge in [-0.25, -0.2) is 4.98 Å². The molecule has 9 heteroatoms. The maximum absolute atomic E-state index is 12.9. The van der Waals surface area contributed by atoms with E-state index in [-0.39, 0.29) is 24.6 Å². The van der Waals surface area contributed by atoms with Crippen LogP contribution in [-0.2, 0) is 17.9 Å². The van der Waals surface area contributed by atoms with Crippen LogP contribution in [0.15, 0.2) is 47.5 Å². The molecule has 30 heavy (non-hydrogen) atoms. The molecule has 0 aliphatic rings. The third-order valence-corrected chi connectivity index (χ3v) is 5.19. The molecule has 0 atom stereocenters. The molecule has 2 N–H and O–H groups in total. The predicted octanol–water partition coefficient (Wildman–Crippen LogP) is 2.86. The van der Waals surface area contributed by atoms with E-state index in [1.165, 1.54) is 10.9 Å². The third-order valence-electron chi connectivity index (χ3n) is 4.82. The fraction of sp³-hybridized carbons (Fsp3) is 0.190. The van der Waals surface area contributed by atoms with Crippen LogP contribution in [0.3, 0.4) is 0 Å². The lowest BCUT2D eigenvalue weighted by Gasteiger charge is -2.08. The minimum atomic E-state index is -0.345. The van der Waals surface area contributed by atoms with Gasteiger partial charge in [-0.15, -0.1) is 0 Å². The Morgan fingerprint density at radius 3 is 2.67 bits per heavy atom. The second-order valence-electron chi connectivity index (χ2n) is 6.65. The van der Waals surface area contributed by atoms with Gasteiger partial charge in [0.2, 0.25) is 5.91 Å². The Balaban J connectivity index is 1.61. The number of hydrogen-bond acceptors (Lipinski definition) is 5. The van der Waals surface area contributed by atoms with E-state index in [4.69, 9.17) is 21.1 Å². The molecule has 154 valence electrons. The first-order valence-corrected chi connectivity index (χ1v) is 9.52. The van der Waals surface area contributed by atoms with Crippen molar-refractivity contribution in [3.8, 4) is 11.5 Å². The molecular weight excluding hydrogens is 408 g/mol. The number of H-pyrrole nitrogens is 1. The van der Waals surface area contributed by atoms with Gasteiger partial charge in [0.05, 0.1) is 26.1 Å². The topological polar surface area (TPSA) is 98.2 Å². The van der Waals surface area contributed by atoms with Gasteiger partial charge in [0.1, 0.15) is 17.6 Å². The first-order chi connectivity index (χ1) is 14.5. The molecule has 0 saturated carbocycles. The lowest BCUT2D eigenvalue weighted by molar-refractivity contribution is -0.121. The van der Waals surface area contributed by atoms with Crippen LogP contribution in [0.25, 0.3) is 21.9 Å². The largest absolute Gasteiger partial charge is 0.493 e. The summed E-state index contributed by atoms with van der Waals surface area (Å²) < 4.78 is 11.9. The lowest BCUT2D eigenvalue weighted by Crippen LogP contribution is -2.32. The monoisotopic (exact) mass is 426 g/mol. The maximum atomic E-state index is 12.9. The van der Waals surface area contributed by atoms with Crippen LogP contribution in [-0.4, -0.2) is 34.7 Å². The molecule has 0 fully saturated rings. The number of ether oxygens (including phenoxy) is 2. The molecule has 2 heterocycles. The summed E-state index contributed by atoms with van der Waals surface area (Å²) in [5, 5.41) is 4.07. The molecule has 0 aliphatic carbocycles. The van der Waals surface area contributed by atoms with Crippen LogP contribution in [0.2, 0.25) is 5.02 Å². The highest BCUT2D eigenvalue weighted by Gasteiger charge is 2.16. The zero-order valence-electron chi connectivity index (χ0n) is 16.4. The molecule has 0 saturated heterocycles. The van der Waals surface area contributed by atoms with E-state index in [9.17, 15) is 9.59 Å². The van der Waals surface area contributed by atoms with Gasteiger partial charge < -0.3 is 19.8 Å². The molecule has 0 spiro atoms. The summed E-state index contributed by atoms with van der Waals surface area (Å²) in [6.45, 7) is 0.114. The summed E-state index contributed by atoms with van der Waals surface area (Å²) in [5.41, 5.74) is 1.95. The summed E-state index contributed by atoms with van der Waals surface area (Å²) in [5.74, 6) is 0.754. The Morgan fingerprint density at radius 1 is 1.20 bits per heavy atom. The summed E-state index contributed by atoms with van der Waals surface area (Å²) in [4.78, 5) is 32.7. The molecule has 1 amide bonds. The fourth-order valence-electron chi connectivity index (χ4n) is 3.28. The Kier molecular flexibility index (Phi) is 5.33. The first-order valence-electron chi connectivity index (χ1n) is 9.14. The van der Waals surface area contributed by atoms with Gasteiger partial charge in [0.15, 0.2) is 11.5 Å². The van der Waals surface area contributed by atoms with E-state index in [1.807, 2.05) is 18.2 Å². The molecule has 4 rings (SSSR count). The molecule has 8 nitrogen and oxygen atoms in total. The molecule has 0 bridgehead atoms. The average Bonchev–Trinajstić information content (AvgIpc) is 3.12. The van der Waals surface area contributed by atoms with Crippen molar-refractivity contribution in [2.24, 2.45) is 0 Å². The molecular formula is C21H19ClN4O4. The van der Waals surface area contributed by atoms with E-state index in [2.05, 4.69) is 15.3 Å². The summed E-state index contributed by atoms with van der Waals surface area (Å²) >= 11 is 6.10. The highest BCUT2D eigenvalue weighted by Crippen LogP contribution is 2.34. The number of aromatic amines is 1. The van der Waals surface area contributed by atoms with Crippen LogP contribution < -0.4 is 20.3 Å². The van der Waals surface area contributed by atoms with Crippen molar-refractivity contribution in [1.82, 2.24) is 19.9 Å². The van der Waals surface area contributed by atoms with Crippen LogP contribution in [0.1, 0.15) is 5.56 Å². The molecule has 0 aliphatic heterocycles. The molecule has 0 radical (unpaired) electrons. The minimum absolute atomic E-state index is 0.158. The van der Waals surface area contributed by atoms with E-state index < -0.39 is 0 Å². The number of methoxy groups -OCH3 is 2. The standard InChI is InChI=1S/C21H19ClN4O4/c1-29-16-7-13-15(8-17(16)30-2)25-20-19(13)24-11-26(21(20)28)10-18(27)23-9-12-5-3-4-6-14(12)22/h3-8,11,25H,9-10H2,1-2H3,(H,23,27). The summed E-state index contributed by atoms with van der Waals surface area (Å²) in [7, 11) is 3.08. The molecule has 4 aromatic rings. The number of benzene rings is 2. The lowest BCUT2D eigenvalue weighted by atomic mass is 10.2. The van der Waals surface area contributed by atoms with Crippen molar-refractivity contribution in [2.75, 3.05) is 14.2 Å². The highest BCUT2D eigenvalue weighted by molar-refractivity contribution is 6.31. The van der Waals surface area contributed by atoms with Gasteiger partial charge in [0, 0.05) is 23.0 Å². The molecule has 2 aromatic heterocycles. The van der Waals surface area contributed by atoms with Gasteiger partial charge >= 0.3 is 0 Å². The van der Waals surface area contributed by atoms with E-state index >= 15 is 0 Å². The number of hydrogen-bond donors (Lipinski definition) is 2. The Morgan fingerprint density at radius 2 is 1.93 bits per heavy atom. The number of nitrogens with one attached hydrogen (secondary N) is 2. The number of carbonyl (C=O) groups excluding carboxylic acids is 1. The van der Waals surface area contributed by atoms with Crippen LogP contribution in [0.4, 0.5) is 0 Å². The molecule has 2 aromatic carbocycles. The Hall–Kier alpha value is -3.52. The minimum Gasteiger partial charge on any atom is -0.493 e. The predicted molar refractivity (Wildman–Crippen MR) is 114 cm³/mol. The normalized spacial score (nSPS) is 11.0. The number of carbonyl (C=O) groups is 1. The number of halogens is 1. The maximum Gasteiger partial charge on any atom is 0.278 e. The van der Waals surface area contributed by atoms with Crippen LogP contribution in [0.5, 0.6) is 11.5 Å². The zero-order valence-corrected chi connectivity index (χ0v) is 17.1. The van der Waals surface area contributed by atoms with Crippen molar-refractivity contribution >= 4 is 39.4 Å². The average molecular weight is 427 g/mol. The van der Waals surface area contributed by atoms with Crippen LogP contribution >= 0.6 is 11.6 Å². The van der Waals surface area contributed by atoms with Crippen molar-refractivity contribution < 1.29 is 14.3 Å².